The number of nitrogens with two attached hydrogens (primary N) is 1. The Labute approximate surface area is 95.0 Å². The van der Waals surface area contributed by atoms with Crippen LogP contribution in [0.4, 0.5) is 13.2 Å². The van der Waals surface area contributed by atoms with E-state index in [-0.39, 0.29) is 6.54 Å². The highest BCUT2D eigenvalue weighted by molar-refractivity contribution is 4.77. The summed E-state index contributed by atoms with van der Waals surface area (Å²) in [5, 5.41) is 0. The van der Waals surface area contributed by atoms with Gasteiger partial charge in [-0.15, -0.1) is 0 Å². The third-order valence-corrected chi connectivity index (χ3v) is 3.15. The minimum Gasteiger partial charge on any atom is -0.330 e. The van der Waals surface area contributed by atoms with Crippen LogP contribution in [0.2, 0.25) is 0 Å². The van der Waals surface area contributed by atoms with Gasteiger partial charge in [-0.1, -0.05) is 6.42 Å². The summed E-state index contributed by atoms with van der Waals surface area (Å²) >= 11 is 0. The largest absolute Gasteiger partial charge is 0.393 e. The number of alkyl halides is 3. The molecule has 1 rings (SSSR count). The van der Waals surface area contributed by atoms with Crippen molar-refractivity contribution in [1.82, 2.24) is 4.90 Å². The van der Waals surface area contributed by atoms with Gasteiger partial charge in [0.05, 0.1) is 5.92 Å². The van der Waals surface area contributed by atoms with Gasteiger partial charge in [-0.25, -0.2) is 0 Å². The van der Waals surface area contributed by atoms with Crippen LogP contribution in [0.1, 0.15) is 32.1 Å². The van der Waals surface area contributed by atoms with Gasteiger partial charge in [-0.3, -0.25) is 0 Å². The zero-order valence-corrected chi connectivity index (χ0v) is 9.60. The Morgan fingerprint density at radius 1 is 1.19 bits per heavy atom. The summed E-state index contributed by atoms with van der Waals surface area (Å²) in [4.78, 5) is 1.94. The molecule has 1 heterocycles. The zero-order valence-electron chi connectivity index (χ0n) is 9.60. The van der Waals surface area contributed by atoms with Crippen LogP contribution in [0.15, 0.2) is 0 Å². The van der Waals surface area contributed by atoms with E-state index in [2.05, 4.69) is 0 Å². The molecule has 0 amide bonds. The standard InChI is InChI=1S/C11H21F3N2/c12-11(13,14)10-5-4-8-16(9-10)7-3-1-2-6-15/h10H,1-9,15H2. The highest BCUT2D eigenvalue weighted by Gasteiger charge is 2.41. The van der Waals surface area contributed by atoms with E-state index in [1.165, 1.54) is 0 Å². The van der Waals surface area contributed by atoms with Crippen LogP contribution in [0, 0.1) is 5.92 Å². The highest BCUT2D eigenvalue weighted by Crippen LogP contribution is 2.33. The van der Waals surface area contributed by atoms with Gasteiger partial charge >= 0.3 is 6.18 Å². The molecule has 1 fully saturated rings. The van der Waals surface area contributed by atoms with Crippen molar-refractivity contribution in [2.75, 3.05) is 26.2 Å². The topological polar surface area (TPSA) is 29.3 Å². The van der Waals surface area contributed by atoms with Crippen molar-refractivity contribution in [3.63, 3.8) is 0 Å². The average molecular weight is 238 g/mol. The first kappa shape index (κ1) is 13.8. The van der Waals surface area contributed by atoms with Gasteiger partial charge in [-0.2, -0.15) is 13.2 Å². The predicted molar refractivity (Wildman–Crippen MR) is 58.1 cm³/mol. The first-order valence-corrected chi connectivity index (χ1v) is 6.03. The van der Waals surface area contributed by atoms with E-state index in [4.69, 9.17) is 5.73 Å². The zero-order chi connectivity index (χ0) is 12.0. The Morgan fingerprint density at radius 2 is 1.94 bits per heavy atom. The number of likely N-dealkylation sites (tertiary alicyclic amines) is 1. The molecular formula is C11H21F3N2. The fraction of sp³-hybridized carbons (Fsp3) is 1.00. The summed E-state index contributed by atoms with van der Waals surface area (Å²) in [5.41, 5.74) is 5.36. The molecule has 1 saturated heterocycles. The molecule has 2 nitrogen and oxygen atoms in total. The van der Waals surface area contributed by atoms with Crippen molar-refractivity contribution in [2.45, 2.75) is 38.3 Å². The van der Waals surface area contributed by atoms with E-state index in [1.54, 1.807) is 0 Å². The van der Waals surface area contributed by atoms with Gasteiger partial charge in [0, 0.05) is 6.54 Å². The minimum atomic E-state index is -4.02. The van der Waals surface area contributed by atoms with Crippen molar-refractivity contribution < 1.29 is 13.2 Å². The lowest BCUT2D eigenvalue weighted by Crippen LogP contribution is -2.42. The molecular weight excluding hydrogens is 217 g/mol. The van der Waals surface area contributed by atoms with E-state index in [0.29, 0.717) is 19.4 Å². The molecule has 1 aliphatic rings. The number of rotatable bonds is 5. The normalized spacial score (nSPS) is 23.6. The molecule has 0 aliphatic carbocycles. The third-order valence-electron chi connectivity index (χ3n) is 3.15. The lowest BCUT2D eigenvalue weighted by molar-refractivity contribution is -0.186. The smallest absolute Gasteiger partial charge is 0.330 e. The molecule has 0 aromatic heterocycles. The van der Waals surface area contributed by atoms with Crippen LogP contribution in [0.5, 0.6) is 0 Å². The first-order chi connectivity index (χ1) is 7.54. The molecule has 96 valence electrons. The van der Waals surface area contributed by atoms with Gasteiger partial charge in [-0.05, 0) is 45.3 Å². The minimum absolute atomic E-state index is 0.187. The molecule has 1 atom stereocenters. The lowest BCUT2D eigenvalue weighted by Gasteiger charge is -2.33. The van der Waals surface area contributed by atoms with Gasteiger partial charge in [0.1, 0.15) is 0 Å². The summed E-state index contributed by atoms with van der Waals surface area (Å²) < 4.78 is 37.5. The molecule has 2 N–H and O–H groups in total. The molecule has 5 heteroatoms. The fourth-order valence-electron chi connectivity index (χ4n) is 2.18. The lowest BCUT2D eigenvalue weighted by atomic mass is 9.97. The van der Waals surface area contributed by atoms with Crippen molar-refractivity contribution in [1.29, 1.82) is 0 Å². The van der Waals surface area contributed by atoms with E-state index < -0.39 is 12.1 Å². The Bertz CT molecular complexity index is 194. The average Bonchev–Trinajstić information content (AvgIpc) is 2.24. The van der Waals surface area contributed by atoms with Crippen molar-refractivity contribution in [2.24, 2.45) is 11.7 Å². The first-order valence-electron chi connectivity index (χ1n) is 6.03. The van der Waals surface area contributed by atoms with E-state index >= 15 is 0 Å². The maximum atomic E-state index is 12.5. The molecule has 16 heavy (non-hydrogen) atoms. The van der Waals surface area contributed by atoms with E-state index in [9.17, 15) is 13.2 Å². The van der Waals surface area contributed by atoms with Crippen LogP contribution in [-0.4, -0.2) is 37.3 Å². The summed E-state index contributed by atoms with van der Waals surface area (Å²) in [6.07, 6.45) is -0.109. The number of piperidine rings is 1. The second kappa shape index (κ2) is 6.45. The van der Waals surface area contributed by atoms with Gasteiger partial charge in [0.15, 0.2) is 0 Å². The van der Waals surface area contributed by atoms with Gasteiger partial charge in [0.25, 0.3) is 0 Å². The van der Waals surface area contributed by atoms with Crippen LogP contribution in [0.25, 0.3) is 0 Å². The Balaban J connectivity index is 2.23. The number of nitrogens with zero attached hydrogens (tertiary/aromatic N) is 1. The van der Waals surface area contributed by atoms with E-state index in [1.807, 2.05) is 4.90 Å². The second-order valence-corrected chi connectivity index (χ2v) is 4.53. The number of hydrogen-bond acceptors (Lipinski definition) is 2. The molecule has 0 radical (unpaired) electrons. The summed E-state index contributed by atoms with van der Waals surface area (Å²) in [5.74, 6) is -1.12. The maximum Gasteiger partial charge on any atom is 0.393 e. The van der Waals surface area contributed by atoms with Crippen molar-refractivity contribution in [3.8, 4) is 0 Å². The fourth-order valence-corrected chi connectivity index (χ4v) is 2.18. The molecule has 0 spiro atoms. The molecule has 1 aliphatic heterocycles. The Morgan fingerprint density at radius 3 is 2.56 bits per heavy atom. The van der Waals surface area contributed by atoms with Crippen LogP contribution < -0.4 is 5.73 Å². The van der Waals surface area contributed by atoms with Crippen molar-refractivity contribution in [3.05, 3.63) is 0 Å². The third kappa shape index (κ3) is 4.70. The quantitative estimate of drug-likeness (QED) is 0.745. The Kier molecular flexibility index (Phi) is 5.55. The van der Waals surface area contributed by atoms with Crippen LogP contribution in [0.3, 0.4) is 0 Å². The van der Waals surface area contributed by atoms with Crippen molar-refractivity contribution >= 4 is 0 Å². The highest BCUT2D eigenvalue weighted by atomic mass is 19.4. The van der Waals surface area contributed by atoms with Gasteiger partial charge < -0.3 is 10.6 Å². The second-order valence-electron chi connectivity index (χ2n) is 4.53. The van der Waals surface area contributed by atoms with Crippen LogP contribution >= 0.6 is 0 Å². The summed E-state index contributed by atoms with van der Waals surface area (Å²) in [7, 11) is 0. The number of hydrogen-bond donors (Lipinski definition) is 1. The SMILES string of the molecule is NCCCCCN1CCCC(C(F)(F)F)C1. The molecule has 0 aromatic carbocycles. The maximum absolute atomic E-state index is 12.5. The molecule has 0 aromatic rings. The monoisotopic (exact) mass is 238 g/mol. The predicted octanol–water partition coefficient (Wildman–Crippen LogP) is 2.39. The number of halogens is 3. The summed E-state index contributed by atoms with van der Waals surface area (Å²) in [6, 6.07) is 0. The van der Waals surface area contributed by atoms with Crippen LogP contribution in [-0.2, 0) is 0 Å². The summed E-state index contributed by atoms with van der Waals surface area (Å²) in [6.45, 7) is 2.46. The molecule has 0 bridgehead atoms. The molecule has 0 saturated carbocycles. The molecule has 1 unspecified atom stereocenters. The Hall–Kier alpha value is -0.290. The number of unbranched alkanes of at least 4 members (excludes halogenated alkanes) is 2. The van der Waals surface area contributed by atoms with Gasteiger partial charge in [0.2, 0.25) is 0 Å². The van der Waals surface area contributed by atoms with E-state index in [0.717, 1.165) is 32.4 Å².